The molecule has 0 saturated carbocycles. The highest BCUT2D eigenvalue weighted by atomic mass is 16.3. The second-order valence-corrected chi connectivity index (χ2v) is 4.65. The number of phenolic OH excluding ortho intramolecular Hbond substituents is 1. The maximum absolute atomic E-state index is 9.93. The van der Waals surface area contributed by atoms with Crippen molar-refractivity contribution < 1.29 is 5.11 Å². The van der Waals surface area contributed by atoms with Crippen LogP contribution < -0.4 is 5.73 Å². The molecule has 2 heteroatoms. The summed E-state index contributed by atoms with van der Waals surface area (Å²) in [5.74, 6) is 0.484. The molecule has 0 aromatic heterocycles. The van der Waals surface area contributed by atoms with Gasteiger partial charge in [-0.15, -0.1) is 0 Å². The van der Waals surface area contributed by atoms with Crippen molar-refractivity contribution in [3.8, 4) is 5.75 Å². The van der Waals surface area contributed by atoms with Gasteiger partial charge in [-0.2, -0.15) is 0 Å². The van der Waals surface area contributed by atoms with Gasteiger partial charge in [0, 0.05) is 0 Å². The number of phenols is 1. The van der Waals surface area contributed by atoms with E-state index in [1.807, 2.05) is 6.07 Å². The summed E-state index contributed by atoms with van der Waals surface area (Å²) >= 11 is 0. The number of aryl methyl sites for hydroxylation is 1. The predicted octanol–water partition coefficient (Wildman–Crippen LogP) is 2.55. The second kappa shape index (κ2) is 5.35. The maximum atomic E-state index is 9.93. The van der Waals surface area contributed by atoms with Crippen molar-refractivity contribution in [1.82, 2.24) is 0 Å². The van der Waals surface area contributed by atoms with Gasteiger partial charge in [-0.05, 0) is 74.2 Å². The zero-order chi connectivity index (χ0) is 11.4. The van der Waals surface area contributed by atoms with Crippen LogP contribution in [0.4, 0.5) is 0 Å². The van der Waals surface area contributed by atoms with Crippen LogP contribution in [0.1, 0.15) is 42.4 Å². The molecule has 2 nitrogen and oxygen atoms in total. The Morgan fingerprint density at radius 1 is 1.12 bits per heavy atom. The molecule has 0 bridgehead atoms. The first-order valence-electron chi connectivity index (χ1n) is 6.35. The zero-order valence-electron chi connectivity index (χ0n) is 9.84. The Labute approximate surface area is 97.5 Å². The molecule has 0 heterocycles. The fraction of sp³-hybridized carbons (Fsp3) is 0.571. The van der Waals surface area contributed by atoms with E-state index in [0.717, 1.165) is 32.2 Å². The smallest absolute Gasteiger partial charge is 0.119 e. The van der Waals surface area contributed by atoms with E-state index in [2.05, 4.69) is 6.07 Å². The van der Waals surface area contributed by atoms with Gasteiger partial charge in [0.2, 0.25) is 0 Å². The van der Waals surface area contributed by atoms with E-state index in [-0.39, 0.29) is 0 Å². The molecule has 1 aliphatic carbocycles. The van der Waals surface area contributed by atoms with Crippen LogP contribution in [0.3, 0.4) is 0 Å². The SMILES string of the molecule is NCCCCc1c(O)ccc2c1CCCC2. The third kappa shape index (κ3) is 2.38. The minimum atomic E-state index is 0.484. The first kappa shape index (κ1) is 11.5. The standard InChI is InChI=1S/C14H21NO/c15-10-4-3-7-13-12-6-2-1-5-11(12)8-9-14(13)16/h8-9,16H,1-7,10,15H2. The summed E-state index contributed by atoms with van der Waals surface area (Å²) in [5.41, 5.74) is 9.56. The Morgan fingerprint density at radius 2 is 1.94 bits per heavy atom. The van der Waals surface area contributed by atoms with Crippen molar-refractivity contribution in [2.24, 2.45) is 5.73 Å². The molecular formula is C14H21NO. The van der Waals surface area contributed by atoms with E-state index in [9.17, 15) is 5.11 Å². The van der Waals surface area contributed by atoms with Crippen LogP contribution in [0, 0.1) is 0 Å². The van der Waals surface area contributed by atoms with Crippen LogP contribution in [0.2, 0.25) is 0 Å². The number of nitrogens with two attached hydrogens (primary N) is 1. The van der Waals surface area contributed by atoms with Gasteiger partial charge in [0.15, 0.2) is 0 Å². The van der Waals surface area contributed by atoms with Crippen molar-refractivity contribution in [2.45, 2.75) is 44.9 Å². The second-order valence-electron chi connectivity index (χ2n) is 4.65. The number of benzene rings is 1. The Hall–Kier alpha value is -1.02. The summed E-state index contributed by atoms with van der Waals surface area (Å²) in [5, 5.41) is 9.93. The molecule has 0 aliphatic heterocycles. The minimum Gasteiger partial charge on any atom is -0.508 e. The summed E-state index contributed by atoms with van der Waals surface area (Å²) in [6.07, 6.45) is 7.98. The van der Waals surface area contributed by atoms with Gasteiger partial charge in [-0.3, -0.25) is 0 Å². The van der Waals surface area contributed by atoms with Crippen LogP contribution in [0.5, 0.6) is 5.75 Å². The lowest BCUT2D eigenvalue weighted by molar-refractivity contribution is 0.463. The van der Waals surface area contributed by atoms with E-state index in [0.29, 0.717) is 5.75 Å². The third-order valence-electron chi connectivity index (χ3n) is 3.51. The average molecular weight is 219 g/mol. The van der Waals surface area contributed by atoms with Crippen LogP contribution in [0.25, 0.3) is 0 Å². The van der Waals surface area contributed by atoms with Gasteiger partial charge in [0.05, 0.1) is 0 Å². The number of fused-ring (bicyclic) bond motifs is 1. The first-order valence-corrected chi connectivity index (χ1v) is 6.35. The summed E-state index contributed by atoms with van der Waals surface area (Å²) < 4.78 is 0. The van der Waals surface area contributed by atoms with Crippen molar-refractivity contribution in [3.05, 3.63) is 28.8 Å². The molecule has 0 unspecified atom stereocenters. The van der Waals surface area contributed by atoms with Gasteiger partial charge in [-0.1, -0.05) is 6.07 Å². The monoisotopic (exact) mass is 219 g/mol. The van der Waals surface area contributed by atoms with Crippen molar-refractivity contribution in [2.75, 3.05) is 6.54 Å². The lowest BCUT2D eigenvalue weighted by Crippen LogP contribution is -2.07. The highest BCUT2D eigenvalue weighted by Crippen LogP contribution is 2.31. The normalized spacial score (nSPS) is 14.8. The summed E-state index contributed by atoms with van der Waals surface area (Å²) in [6.45, 7) is 0.746. The molecular weight excluding hydrogens is 198 g/mol. The molecule has 0 spiro atoms. The van der Waals surface area contributed by atoms with Crippen molar-refractivity contribution in [1.29, 1.82) is 0 Å². The van der Waals surface area contributed by atoms with E-state index in [1.165, 1.54) is 36.0 Å². The number of hydrogen-bond acceptors (Lipinski definition) is 2. The highest BCUT2D eigenvalue weighted by Gasteiger charge is 2.15. The van der Waals surface area contributed by atoms with Crippen molar-refractivity contribution >= 4 is 0 Å². The predicted molar refractivity (Wildman–Crippen MR) is 66.7 cm³/mol. The van der Waals surface area contributed by atoms with Crippen LogP contribution >= 0.6 is 0 Å². The molecule has 3 N–H and O–H groups in total. The minimum absolute atomic E-state index is 0.484. The largest absolute Gasteiger partial charge is 0.508 e. The Morgan fingerprint density at radius 3 is 2.75 bits per heavy atom. The molecule has 88 valence electrons. The fourth-order valence-corrected chi connectivity index (χ4v) is 2.62. The lowest BCUT2D eigenvalue weighted by atomic mass is 9.86. The topological polar surface area (TPSA) is 46.2 Å². The molecule has 0 fully saturated rings. The lowest BCUT2D eigenvalue weighted by Gasteiger charge is -2.20. The Kier molecular flexibility index (Phi) is 3.83. The molecule has 0 atom stereocenters. The number of unbranched alkanes of at least 4 members (excludes halogenated alkanes) is 1. The maximum Gasteiger partial charge on any atom is 0.119 e. The molecule has 1 aromatic carbocycles. The molecule has 0 saturated heterocycles. The molecule has 2 rings (SSSR count). The average Bonchev–Trinajstić information content (AvgIpc) is 2.32. The highest BCUT2D eigenvalue weighted by molar-refractivity contribution is 5.45. The number of hydrogen-bond donors (Lipinski definition) is 2. The van der Waals surface area contributed by atoms with E-state index >= 15 is 0 Å². The quantitative estimate of drug-likeness (QED) is 0.764. The Bertz CT molecular complexity index is 360. The zero-order valence-corrected chi connectivity index (χ0v) is 9.84. The van der Waals surface area contributed by atoms with E-state index in [1.54, 1.807) is 0 Å². The molecule has 16 heavy (non-hydrogen) atoms. The van der Waals surface area contributed by atoms with Crippen LogP contribution in [0.15, 0.2) is 12.1 Å². The van der Waals surface area contributed by atoms with Gasteiger partial charge >= 0.3 is 0 Å². The number of rotatable bonds is 4. The fourth-order valence-electron chi connectivity index (χ4n) is 2.62. The Balaban J connectivity index is 2.20. The third-order valence-corrected chi connectivity index (χ3v) is 3.51. The molecule has 1 aliphatic rings. The van der Waals surface area contributed by atoms with Crippen molar-refractivity contribution in [3.63, 3.8) is 0 Å². The molecule has 0 amide bonds. The van der Waals surface area contributed by atoms with Gasteiger partial charge < -0.3 is 10.8 Å². The van der Waals surface area contributed by atoms with Crippen LogP contribution in [-0.4, -0.2) is 11.7 Å². The molecule has 1 aromatic rings. The van der Waals surface area contributed by atoms with Gasteiger partial charge in [0.1, 0.15) is 5.75 Å². The van der Waals surface area contributed by atoms with E-state index < -0.39 is 0 Å². The summed E-state index contributed by atoms with van der Waals surface area (Å²) in [4.78, 5) is 0. The number of aromatic hydroxyl groups is 1. The van der Waals surface area contributed by atoms with E-state index in [4.69, 9.17) is 5.73 Å². The summed E-state index contributed by atoms with van der Waals surface area (Å²) in [6, 6.07) is 3.96. The van der Waals surface area contributed by atoms with Gasteiger partial charge in [-0.25, -0.2) is 0 Å². The first-order chi connectivity index (χ1) is 7.83. The van der Waals surface area contributed by atoms with Gasteiger partial charge in [0.25, 0.3) is 0 Å². The molecule has 0 radical (unpaired) electrons. The van der Waals surface area contributed by atoms with Crippen LogP contribution in [-0.2, 0) is 19.3 Å². The summed E-state index contributed by atoms with van der Waals surface area (Å²) in [7, 11) is 0.